The van der Waals surface area contributed by atoms with Crippen LogP contribution in [0.5, 0.6) is 5.75 Å². The van der Waals surface area contributed by atoms with Crippen LogP contribution in [-0.2, 0) is 17.9 Å². The number of methoxy groups -OCH3 is 1. The van der Waals surface area contributed by atoms with Gasteiger partial charge in [0.2, 0.25) is 0 Å². The van der Waals surface area contributed by atoms with Gasteiger partial charge in [-0.3, -0.25) is 19.6 Å². The number of piperidine rings is 1. The maximum absolute atomic E-state index is 15.9. The number of ether oxygens (including phenoxy) is 1. The molecule has 2 unspecified atom stereocenters. The van der Waals surface area contributed by atoms with E-state index >= 15 is 4.39 Å². The van der Waals surface area contributed by atoms with E-state index in [0.29, 0.717) is 43.2 Å². The third-order valence-corrected chi connectivity index (χ3v) is 10.7. The Labute approximate surface area is 309 Å². The number of carboxylic acids is 1. The summed E-state index contributed by atoms with van der Waals surface area (Å²) in [6.07, 6.45) is 8.21. The number of halogens is 1. The Hall–Kier alpha value is -5.16. The maximum atomic E-state index is 15.9. The first-order valence-corrected chi connectivity index (χ1v) is 18.3. The molecule has 0 aliphatic carbocycles. The number of pyridine rings is 2. The zero-order chi connectivity index (χ0) is 37.1. The molecule has 0 bridgehead atoms. The fourth-order valence-corrected chi connectivity index (χ4v) is 7.71. The molecule has 3 N–H and O–H groups in total. The average molecular weight is 716 g/mol. The zero-order valence-corrected chi connectivity index (χ0v) is 30.5. The van der Waals surface area contributed by atoms with E-state index in [-0.39, 0.29) is 11.9 Å². The lowest BCUT2D eigenvalue weighted by atomic mass is 9.92. The first-order valence-electron chi connectivity index (χ1n) is 18.3. The number of aliphatic hydroxyl groups excluding tert-OH is 1. The van der Waals surface area contributed by atoms with Crippen LogP contribution in [0.25, 0.3) is 33.9 Å². The summed E-state index contributed by atoms with van der Waals surface area (Å²) in [5.74, 6) is 0.135. The van der Waals surface area contributed by atoms with Gasteiger partial charge in [0.1, 0.15) is 23.1 Å². The number of anilines is 2. The largest absolute Gasteiger partial charge is 0.496 e. The molecule has 2 aliphatic rings. The van der Waals surface area contributed by atoms with Gasteiger partial charge in [0.25, 0.3) is 0 Å². The van der Waals surface area contributed by atoms with Gasteiger partial charge in [-0.25, -0.2) is 9.37 Å². The molecule has 2 fully saturated rings. The topological polar surface area (TPSA) is 111 Å². The summed E-state index contributed by atoms with van der Waals surface area (Å²) in [5, 5.41) is 24.1. The van der Waals surface area contributed by atoms with E-state index in [4.69, 9.17) is 9.72 Å². The summed E-state index contributed by atoms with van der Waals surface area (Å²) < 4.78 is 21.5. The van der Waals surface area contributed by atoms with Gasteiger partial charge in [-0.05, 0) is 103 Å². The third-order valence-electron chi connectivity index (χ3n) is 10.7. The Morgan fingerprint density at radius 2 is 1.79 bits per heavy atom. The Morgan fingerprint density at radius 1 is 0.981 bits per heavy atom. The predicted molar refractivity (Wildman–Crippen MR) is 208 cm³/mol. The van der Waals surface area contributed by atoms with Crippen LogP contribution in [0.15, 0.2) is 79.1 Å². The molecule has 9 nitrogen and oxygen atoms in total. The van der Waals surface area contributed by atoms with Crippen LogP contribution < -0.4 is 10.1 Å². The molecule has 0 radical (unpaired) electrons. The van der Waals surface area contributed by atoms with E-state index in [2.05, 4.69) is 40.3 Å². The molecular weight excluding hydrogens is 670 g/mol. The molecule has 274 valence electrons. The van der Waals surface area contributed by atoms with Gasteiger partial charge in [-0.15, -0.1) is 0 Å². The molecular formula is C43H46FN5O4. The normalized spacial score (nSPS) is 18.4. The zero-order valence-electron chi connectivity index (χ0n) is 30.5. The van der Waals surface area contributed by atoms with Crippen molar-refractivity contribution < 1.29 is 24.1 Å². The second-order valence-corrected chi connectivity index (χ2v) is 14.2. The maximum Gasteiger partial charge on any atom is 0.320 e. The molecule has 7 rings (SSSR count). The van der Waals surface area contributed by atoms with E-state index in [1.807, 2.05) is 54.4 Å². The SMILES string of the molecule is COc1cc(/C(F)=C/c2cccc(-c3cccc(Nc4nccc5cc(CN6CCCCC6C(=O)O)cnc45)c3C)c2C)ccc1CN1CCC(O)C1. The monoisotopic (exact) mass is 715 g/mol. The Balaban J connectivity index is 1.11. The van der Waals surface area contributed by atoms with Crippen LogP contribution in [0.4, 0.5) is 15.9 Å². The van der Waals surface area contributed by atoms with E-state index in [0.717, 1.165) is 87.9 Å². The average Bonchev–Trinajstić information content (AvgIpc) is 3.57. The van der Waals surface area contributed by atoms with Crippen LogP contribution in [0, 0.1) is 13.8 Å². The van der Waals surface area contributed by atoms with Gasteiger partial charge >= 0.3 is 5.97 Å². The third kappa shape index (κ3) is 7.95. The van der Waals surface area contributed by atoms with Gasteiger partial charge in [0, 0.05) is 60.8 Å². The summed E-state index contributed by atoms with van der Waals surface area (Å²) in [7, 11) is 1.60. The lowest BCUT2D eigenvalue weighted by Gasteiger charge is -2.32. The van der Waals surface area contributed by atoms with Crippen LogP contribution >= 0.6 is 0 Å². The van der Waals surface area contributed by atoms with E-state index < -0.39 is 12.0 Å². The standard InChI is InChI=1S/C43H46FN5O4/c1-27-30(21-37(44)31-13-14-33(40(22-31)53-3)25-48-19-16-34(50)26-48)8-6-9-35(27)36-10-7-11-38(28(36)2)47-42-41-32(15-17-45-42)20-29(23-46-41)24-49-18-5-4-12-39(49)43(51)52/h6-11,13-15,17,20-23,34,39,50H,4-5,12,16,18-19,24-26H2,1-3H3,(H,45,47)(H,51,52)/b37-21-. The lowest BCUT2D eigenvalue weighted by molar-refractivity contribution is -0.144. The molecule has 0 spiro atoms. The van der Waals surface area contributed by atoms with Crippen molar-refractivity contribution >= 4 is 40.3 Å². The number of β-amino-alcohol motifs (C(OH)–C–C–N with tert-alkyl or cyclic N) is 1. The number of nitrogens with one attached hydrogen (secondary N) is 1. The van der Waals surface area contributed by atoms with Gasteiger partial charge < -0.3 is 20.3 Å². The van der Waals surface area contributed by atoms with Crippen LogP contribution in [-0.4, -0.2) is 74.8 Å². The molecule has 10 heteroatoms. The van der Waals surface area contributed by atoms with E-state index in [9.17, 15) is 15.0 Å². The number of hydrogen-bond donors (Lipinski definition) is 3. The quantitative estimate of drug-likeness (QED) is 0.117. The molecule has 2 atom stereocenters. The van der Waals surface area contributed by atoms with Gasteiger partial charge in [-0.1, -0.05) is 48.9 Å². The first kappa shape index (κ1) is 36.2. The summed E-state index contributed by atoms with van der Waals surface area (Å²) >= 11 is 0. The highest BCUT2D eigenvalue weighted by atomic mass is 19.1. The fourth-order valence-electron chi connectivity index (χ4n) is 7.71. The summed E-state index contributed by atoms with van der Waals surface area (Å²) in [4.78, 5) is 25.5. The highest BCUT2D eigenvalue weighted by molar-refractivity contribution is 5.91. The highest BCUT2D eigenvalue weighted by Crippen LogP contribution is 2.36. The van der Waals surface area contributed by atoms with Gasteiger partial charge in [0.15, 0.2) is 5.82 Å². The minimum Gasteiger partial charge on any atom is -0.496 e. The smallest absolute Gasteiger partial charge is 0.320 e. The van der Waals surface area contributed by atoms with Gasteiger partial charge in [0.05, 0.1) is 13.2 Å². The number of hydrogen-bond acceptors (Lipinski definition) is 8. The molecule has 2 aromatic heterocycles. The number of aromatic nitrogens is 2. The predicted octanol–water partition coefficient (Wildman–Crippen LogP) is 8.14. The molecule has 0 amide bonds. The molecule has 0 saturated carbocycles. The number of aliphatic hydroxyl groups is 1. The number of rotatable bonds is 11. The number of nitrogens with zero attached hydrogens (tertiary/aromatic N) is 4. The van der Waals surface area contributed by atoms with Crippen molar-refractivity contribution in [2.24, 2.45) is 0 Å². The summed E-state index contributed by atoms with van der Waals surface area (Å²) in [6.45, 7) is 7.47. The van der Waals surface area contributed by atoms with Crippen molar-refractivity contribution in [2.75, 3.05) is 32.1 Å². The minimum absolute atomic E-state index is 0.303. The number of benzene rings is 3. The molecule has 2 saturated heterocycles. The van der Waals surface area contributed by atoms with Crippen molar-refractivity contribution in [1.29, 1.82) is 0 Å². The van der Waals surface area contributed by atoms with Crippen molar-refractivity contribution in [1.82, 2.24) is 19.8 Å². The molecule has 2 aliphatic heterocycles. The summed E-state index contributed by atoms with van der Waals surface area (Å²) in [6, 6.07) is 21.0. The number of aliphatic carboxylic acids is 1. The Kier molecular flexibility index (Phi) is 10.8. The van der Waals surface area contributed by atoms with Gasteiger partial charge in [-0.2, -0.15) is 0 Å². The summed E-state index contributed by atoms with van der Waals surface area (Å²) in [5.41, 5.74) is 8.76. The van der Waals surface area contributed by atoms with Crippen LogP contribution in [0.1, 0.15) is 59.1 Å². The van der Waals surface area contributed by atoms with E-state index in [1.165, 1.54) is 0 Å². The van der Waals surface area contributed by atoms with Crippen LogP contribution in [0.2, 0.25) is 0 Å². The Morgan fingerprint density at radius 3 is 2.57 bits per heavy atom. The van der Waals surface area contributed by atoms with Crippen LogP contribution in [0.3, 0.4) is 0 Å². The molecule has 5 aromatic rings. The fraction of sp³-hybridized carbons (Fsp3) is 0.326. The van der Waals surface area contributed by atoms with Crippen molar-refractivity contribution in [3.8, 4) is 16.9 Å². The Bertz CT molecular complexity index is 2170. The second kappa shape index (κ2) is 15.8. The van der Waals surface area contributed by atoms with Crippen molar-refractivity contribution in [3.05, 3.63) is 113 Å². The molecule has 3 aromatic carbocycles. The first-order chi connectivity index (χ1) is 25.7. The number of likely N-dealkylation sites (tertiary alicyclic amines) is 2. The molecule has 4 heterocycles. The number of carbonyl (C=O) groups is 1. The van der Waals surface area contributed by atoms with E-state index in [1.54, 1.807) is 31.5 Å². The lowest BCUT2D eigenvalue weighted by Crippen LogP contribution is -2.44. The minimum atomic E-state index is -0.768. The molecule has 53 heavy (non-hydrogen) atoms. The number of fused-ring (bicyclic) bond motifs is 1. The van der Waals surface area contributed by atoms with Crippen molar-refractivity contribution in [3.63, 3.8) is 0 Å². The second-order valence-electron chi connectivity index (χ2n) is 14.2. The number of carboxylic acid groups (broad SMARTS) is 1. The highest BCUT2D eigenvalue weighted by Gasteiger charge is 2.28. The van der Waals surface area contributed by atoms with Crippen molar-refractivity contribution in [2.45, 2.75) is 64.8 Å².